The van der Waals surface area contributed by atoms with Crippen LogP contribution in [-0.2, 0) is 0 Å². The van der Waals surface area contributed by atoms with Crippen LogP contribution < -0.4 is 5.32 Å². The molecule has 0 aliphatic heterocycles. The molecular formula is C10H16N2. The second kappa shape index (κ2) is 6.70. The standard InChI is InChI=1S/C10H16N2/c1-4-6-9(3)10(8-11)12-7-5-2/h2,9-10,12H,4,6-7H2,1,3H3. The monoisotopic (exact) mass is 164 g/mol. The second-order valence-electron chi connectivity index (χ2n) is 2.96. The fraction of sp³-hybridized carbons (Fsp3) is 0.700. The summed E-state index contributed by atoms with van der Waals surface area (Å²) in [5.41, 5.74) is 0. The number of terminal acetylenes is 1. The first-order valence-electron chi connectivity index (χ1n) is 4.32. The first-order valence-corrected chi connectivity index (χ1v) is 4.32. The van der Waals surface area contributed by atoms with Gasteiger partial charge in [0.1, 0.15) is 0 Å². The van der Waals surface area contributed by atoms with E-state index in [1.54, 1.807) is 0 Å². The van der Waals surface area contributed by atoms with Crippen LogP contribution >= 0.6 is 0 Å². The van der Waals surface area contributed by atoms with Crippen LogP contribution in [0.15, 0.2) is 0 Å². The zero-order chi connectivity index (χ0) is 9.40. The van der Waals surface area contributed by atoms with Crippen molar-refractivity contribution in [3.05, 3.63) is 0 Å². The Kier molecular flexibility index (Phi) is 6.15. The van der Waals surface area contributed by atoms with Crippen molar-refractivity contribution in [2.45, 2.75) is 32.7 Å². The van der Waals surface area contributed by atoms with Gasteiger partial charge in [0.05, 0.1) is 18.7 Å². The highest BCUT2D eigenvalue weighted by molar-refractivity contribution is 4.97. The molecule has 0 aromatic rings. The lowest BCUT2D eigenvalue weighted by molar-refractivity contribution is 0.427. The van der Waals surface area contributed by atoms with Crippen LogP contribution in [0.4, 0.5) is 0 Å². The lowest BCUT2D eigenvalue weighted by atomic mass is 9.98. The molecule has 0 aliphatic rings. The van der Waals surface area contributed by atoms with Crippen molar-refractivity contribution in [3.8, 4) is 18.4 Å². The molecule has 0 fully saturated rings. The summed E-state index contributed by atoms with van der Waals surface area (Å²) in [6.07, 6.45) is 7.26. The maximum Gasteiger partial charge on any atom is 0.0986 e. The van der Waals surface area contributed by atoms with Gasteiger partial charge in [-0.15, -0.1) is 6.42 Å². The maximum absolute atomic E-state index is 8.77. The van der Waals surface area contributed by atoms with E-state index in [0.29, 0.717) is 12.5 Å². The summed E-state index contributed by atoms with van der Waals surface area (Å²) in [4.78, 5) is 0. The predicted molar refractivity (Wildman–Crippen MR) is 50.3 cm³/mol. The zero-order valence-electron chi connectivity index (χ0n) is 7.80. The molecule has 2 heteroatoms. The highest BCUT2D eigenvalue weighted by Gasteiger charge is 2.13. The Morgan fingerprint density at radius 3 is 2.67 bits per heavy atom. The molecule has 0 aromatic heterocycles. The summed E-state index contributed by atoms with van der Waals surface area (Å²) in [5, 5.41) is 11.8. The molecule has 0 saturated carbocycles. The van der Waals surface area contributed by atoms with Crippen molar-refractivity contribution in [2.24, 2.45) is 5.92 Å². The van der Waals surface area contributed by atoms with Gasteiger partial charge in [0.2, 0.25) is 0 Å². The van der Waals surface area contributed by atoms with Gasteiger partial charge in [-0.3, -0.25) is 5.32 Å². The van der Waals surface area contributed by atoms with Gasteiger partial charge in [0.25, 0.3) is 0 Å². The fourth-order valence-electron chi connectivity index (χ4n) is 1.16. The van der Waals surface area contributed by atoms with E-state index in [1.165, 1.54) is 0 Å². The summed E-state index contributed by atoms with van der Waals surface area (Å²) in [6, 6.07) is 2.12. The molecule has 0 heterocycles. The molecule has 0 rings (SSSR count). The van der Waals surface area contributed by atoms with Crippen molar-refractivity contribution >= 4 is 0 Å². The van der Waals surface area contributed by atoms with E-state index in [2.05, 4.69) is 31.2 Å². The van der Waals surface area contributed by atoms with Crippen LogP contribution in [0.1, 0.15) is 26.7 Å². The second-order valence-corrected chi connectivity index (χ2v) is 2.96. The van der Waals surface area contributed by atoms with Crippen LogP contribution in [0.2, 0.25) is 0 Å². The number of hydrogen-bond acceptors (Lipinski definition) is 2. The Labute approximate surface area is 75.0 Å². The van der Waals surface area contributed by atoms with Gasteiger partial charge < -0.3 is 0 Å². The van der Waals surface area contributed by atoms with E-state index in [1.807, 2.05) is 0 Å². The molecule has 0 aliphatic carbocycles. The highest BCUT2D eigenvalue weighted by atomic mass is 14.9. The number of hydrogen-bond donors (Lipinski definition) is 1. The largest absolute Gasteiger partial charge is 0.291 e. The number of nitrogens with zero attached hydrogens (tertiary/aromatic N) is 1. The summed E-state index contributed by atoms with van der Waals surface area (Å²) in [5.74, 6) is 2.85. The number of nitriles is 1. The van der Waals surface area contributed by atoms with Gasteiger partial charge in [-0.25, -0.2) is 0 Å². The normalized spacial score (nSPS) is 14.3. The molecule has 0 radical (unpaired) electrons. The third-order valence-electron chi connectivity index (χ3n) is 1.88. The van der Waals surface area contributed by atoms with Gasteiger partial charge in [0, 0.05) is 0 Å². The minimum Gasteiger partial charge on any atom is -0.291 e. The Morgan fingerprint density at radius 1 is 1.58 bits per heavy atom. The third kappa shape index (κ3) is 4.01. The van der Waals surface area contributed by atoms with E-state index in [0.717, 1.165) is 12.8 Å². The molecule has 2 atom stereocenters. The first-order chi connectivity index (χ1) is 5.76. The van der Waals surface area contributed by atoms with Gasteiger partial charge in [-0.2, -0.15) is 5.26 Å². The van der Waals surface area contributed by atoms with E-state index in [9.17, 15) is 0 Å². The third-order valence-corrected chi connectivity index (χ3v) is 1.88. The quantitative estimate of drug-likeness (QED) is 0.626. The molecule has 0 amide bonds. The molecule has 12 heavy (non-hydrogen) atoms. The summed E-state index contributed by atoms with van der Waals surface area (Å²) in [7, 11) is 0. The van der Waals surface area contributed by atoms with Crippen LogP contribution in [0, 0.1) is 29.6 Å². The average Bonchev–Trinajstić information content (AvgIpc) is 2.06. The summed E-state index contributed by atoms with van der Waals surface area (Å²) >= 11 is 0. The van der Waals surface area contributed by atoms with Gasteiger partial charge >= 0.3 is 0 Å². The van der Waals surface area contributed by atoms with E-state index in [-0.39, 0.29) is 6.04 Å². The molecule has 0 bridgehead atoms. The molecular weight excluding hydrogens is 148 g/mol. The van der Waals surface area contributed by atoms with Gasteiger partial charge in [-0.05, 0) is 12.3 Å². The van der Waals surface area contributed by atoms with Crippen molar-refractivity contribution in [1.29, 1.82) is 5.26 Å². The molecule has 0 spiro atoms. The van der Waals surface area contributed by atoms with Crippen molar-refractivity contribution in [1.82, 2.24) is 5.32 Å². The Bertz CT molecular complexity index is 185. The van der Waals surface area contributed by atoms with Gasteiger partial charge in [0.15, 0.2) is 0 Å². The minimum absolute atomic E-state index is 0.0963. The molecule has 0 aromatic carbocycles. The summed E-state index contributed by atoms with van der Waals surface area (Å²) in [6.45, 7) is 4.67. The summed E-state index contributed by atoms with van der Waals surface area (Å²) < 4.78 is 0. The minimum atomic E-state index is -0.0963. The van der Waals surface area contributed by atoms with Crippen LogP contribution in [-0.4, -0.2) is 12.6 Å². The molecule has 2 nitrogen and oxygen atoms in total. The van der Waals surface area contributed by atoms with Crippen LogP contribution in [0.25, 0.3) is 0 Å². The predicted octanol–water partition coefficient (Wildman–Crippen LogP) is 1.54. The fourth-order valence-corrected chi connectivity index (χ4v) is 1.16. The van der Waals surface area contributed by atoms with Crippen molar-refractivity contribution < 1.29 is 0 Å². The SMILES string of the molecule is C#CCNC(C#N)C(C)CCC. The molecule has 1 N–H and O–H groups in total. The Hall–Kier alpha value is -0.990. The highest BCUT2D eigenvalue weighted by Crippen LogP contribution is 2.09. The molecule has 66 valence electrons. The lowest BCUT2D eigenvalue weighted by Crippen LogP contribution is -2.33. The van der Waals surface area contributed by atoms with E-state index < -0.39 is 0 Å². The lowest BCUT2D eigenvalue weighted by Gasteiger charge is -2.16. The smallest absolute Gasteiger partial charge is 0.0986 e. The van der Waals surface area contributed by atoms with Crippen LogP contribution in [0.5, 0.6) is 0 Å². The van der Waals surface area contributed by atoms with E-state index in [4.69, 9.17) is 11.7 Å². The zero-order valence-corrected chi connectivity index (χ0v) is 7.80. The van der Waals surface area contributed by atoms with Crippen molar-refractivity contribution in [3.63, 3.8) is 0 Å². The number of nitrogens with one attached hydrogen (secondary N) is 1. The maximum atomic E-state index is 8.77. The van der Waals surface area contributed by atoms with Gasteiger partial charge in [-0.1, -0.05) is 26.2 Å². The first kappa shape index (κ1) is 11.0. The molecule has 0 saturated heterocycles. The topological polar surface area (TPSA) is 35.8 Å². The number of rotatable bonds is 5. The van der Waals surface area contributed by atoms with E-state index >= 15 is 0 Å². The average molecular weight is 164 g/mol. The Balaban J connectivity index is 3.82. The van der Waals surface area contributed by atoms with Crippen molar-refractivity contribution in [2.75, 3.05) is 6.54 Å². The van der Waals surface area contributed by atoms with Crippen LogP contribution in [0.3, 0.4) is 0 Å². The molecule has 2 unspecified atom stereocenters. The Morgan fingerprint density at radius 2 is 2.25 bits per heavy atom.